The molecular weight excluding hydrogens is 176 g/mol. The van der Waals surface area contributed by atoms with E-state index < -0.39 is 0 Å². The van der Waals surface area contributed by atoms with Crippen LogP contribution in [-0.2, 0) is 0 Å². The van der Waals surface area contributed by atoms with Gasteiger partial charge in [0.2, 0.25) is 0 Å². The summed E-state index contributed by atoms with van der Waals surface area (Å²) in [5.74, 6) is -0.0112. The minimum Gasteiger partial charge on any atom is -0.370 e. The van der Waals surface area contributed by atoms with Crippen LogP contribution in [0.4, 0.5) is 5.69 Å². The van der Waals surface area contributed by atoms with Gasteiger partial charge in [0, 0.05) is 20.5 Å². The second-order valence-corrected chi connectivity index (χ2v) is 3.13. The number of Topliss-reactive ketones (excluding diaryl/α,β-unsaturated/α-hetero) is 1. The fourth-order valence-electron chi connectivity index (χ4n) is 1.12. The van der Waals surface area contributed by atoms with Gasteiger partial charge in [-0.2, -0.15) is 0 Å². The minimum atomic E-state index is -0.0112. The first kappa shape index (κ1) is 10.4. The summed E-state index contributed by atoms with van der Waals surface area (Å²) < 4.78 is 0. The van der Waals surface area contributed by atoms with Gasteiger partial charge < -0.3 is 4.90 Å². The zero-order chi connectivity index (χ0) is 10.6. The number of ketones is 1. The van der Waals surface area contributed by atoms with Gasteiger partial charge in [-0.05, 0) is 12.1 Å². The van der Waals surface area contributed by atoms with Crippen molar-refractivity contribution in [3.8, 4) is 0 Å². The number of likely N-dealkylation sites (N-methyl/N-ethyl adjacent to an activating group) is 1. The van der Waals surface area contributed by atoms with E-state index in [1.165, 1.54) is 6.92 Å². The number of hydrogen-bond donors (Lipinski definition) is 0. The third kappa shape index (κ3) is 2.42. The molecule has 0 unspecified atom stereocenters. The van der Waals surface area contributed by atoms with Crippen LogP contribution in [0.2, 0.25) is 0 Å². The molecule has 0 N–H and O–H groups in total. The van der Waals surface area contributed by atoms with Crippen LogP contribution >= 0.6 is 0 Å². The maximum absolute atomic E-state index is 11.0. The van der Waals surface area contributed by atoms with Crippen molar-refractivity contribution in [3.05, 3.63) is 36.7 Å². The molecule has 3 heteroatoms. The van der Waals surface area contributed by atoms with Crippen molar-refractivity contribution < 1.29 is 4.79 Å². The standard InChI is InChI=1S/C11H14N2O/c1-4-7-13(3)10-5-6-11(9(2)14)12-8-10/h4-6,8H,1,7H2,2-3H3. The van der Waals surface area contributed by atoms with E-state index in [1.807, 2.05) is 24.1 Å². The average Bonchev–Trinajstić information content (AvgIpc) is 2.18. The van der Waals surface area contributed by atoms with Crippen molar-refractivity contribution in [1.82, 2.24) is 4.98 Å². The summed E-state index contributed by atoms with van der Waals surface area (Å²) in [6, 6.07) is 3.62. The molecule has 0 radical (unpaired) electrons. The van der Waals surface area contributed by atoms with E-state index in [1.54, 1.807) is 12.3 Å². The third-order valence-electron chi connectivity index (χ3n) is 1.95. The molecule has 0 atom stereocenters. The van der Waals surface area contributed by atoms with Gasteiger partial charge >= 0.3 is 0 Å². The summed E-state index contributed by atoms with van der Waals surface area (Å²) in [5, 5.41) is 0. The zero-order valence-corrected chi connectivity index (χ0v) is 8.53. The highest BCUT2D eigenvalue weighted by atomic mass is 16.1. The number of anilines is 1. The number of carbonyl (C=O) groups is 1. The molecule has 0 bridgehead atoms. The zero-order valence-electron chi connectivity index (χ0n) is 8.53. The van der Waals surface area contributed by atoms with Crippen LogP contribution < -0.4 is 4.90 Å². The van der Waals surface area contributed by atoms with Crippen LogP contribution in [-0.4, -0.2) is 24.4 Å². The van der Waals surface area contributed by atoms with Crippen LogP contribution in [0.5, 0.6) is 0 Å². The molecule has 0 aliphatic carbocycles. The Hall–Kier alpha value is -1.64. The Morgan fingerprint density at radius 3 is 2.79 bits per heavy atom. The number of rotatable bonds is 4. The van der Waals surface area contributed by atoms with Crippen molar-refractivity contribution in [2.24, 2.45) is 0 Å². The van der Waals surface area contributed by atoms with E-state index in [2.05, 4.69) is 11.6 Å². The Balaban J connectivity index is 2.82. The van der Waals surface area contributed by atoms with Gasteiger partial charge in [-0.1, -0.05) is 6.08 Å². The SMILES string of the molecule is C=CCN(C)c1ccc(C(C)=O)nc1. The van der Waals surface area contributed by atoms with Gasteiger partial charge in [-0.25, -0.2) is 0 Å². The molecular formula is C11H14N2O. The Kier molecular flexibility index (Phi) is 3.40. The fraction of sp³-hybridized carbons (Fsp3) is 0.273. The van der Waals surface area contributed by atoms with Crippen LogP contribution in [0.15, 0.2) is 31.0 Å². The Morgan fingerprint density at radius 1 is 1.64 bits per heavy atom. The number of pyridine rings is 1. The van der Waals surface area contributed by atoms with Gasteiger partial charge in [0.25, 0.3) is 0 Å². The lowest BCUT2D eigenvalue weighted by atomic mass is 10.2. The second-order valence-electron chi connectivity index (χ2n) is 3.13. The number of carbonyl (C=O) groups excluding carboxylic acids is 1. The smallest absolute Gasteiger partial charge is 0.178 e. The largest absolute Gasteiger partial charge is 0.370 e. The number of nitrogens with zero attached hydrogens (tertiary/aromatic N) is 2. The first-order valence-corrected chi connectivity index (χ1v) is 4.44. The summed E-state index contributed by atoms with van der Waals surface area (Å²) in [4.78, 5) is 17.0. The summed E-state index contributed by atoms with van der Waals surface area (Å²) in [6.45, 7) is 5.93. The lowest BCUT2D eigenvalue weighted by Gasteiger charge is -2.16. The highest BCUT2D eigenvalue weighted by Gasteiger charge is 2.02. The summed E-state index contributed by atoms with van der Waals surface area (Å²) >= 11 is 0. The highest BCUT2D eigenvalue weighted by molar-refractivity contribution is 5.92. The average molecular weight is 190 g/mol. The maximum atomic E-state index is 11.0. The van der Waals surface area contributed by atoms with Crippen LogP contribution in [0, 0.1) is 0 Å². The molecule has 0 aliphatic rings. The fourth-order valence-corrected chi connectivity index (χ4v) is 1.12. The normalized spacial score (nSPS) is 9.57. The van der Waals surface area contributed by atoms with E-state index in [0.717, 1.165) is 12.2 Å². The van der Waals surface area contributed by atoms with Crippen LogP contribution in [0.3, 0.4) is 0 Å². The highest BCUT2D eigenvalue weighted by Crippen LogP contribution is 2.10. The monoisotopic (exact) mass is 190 g/mol. The van der Waals surface area contributed by atoms with Gasteiger partial charge in [0.1, 0.15) is 5.69 Å². The lowest BCUT2D eigenvalue weighted by molar-refractivity contribution is 0.101. The predicted octanol–water partition coefficient (Wildman–Crippen LogP) is 1.91. The molecule has 0 aromatic carbocycles. The molecule has 3 nitrogen and oxygen atoms in total. The van der Waals surface area contributed by atoms with Crippen LogP contribution in [0.1, 0.15) is 17.4 Å². The van der Waals surface area contributed by atoms with Crippen molar-refractivity contribution in [3.63, 3.8) is 0 Å². The van der Waals surface area contributed by atoms with Gasteiger partial charge in [0.15, 0.2) is 5.78 Å². The van der Waals surface area contributed by atoms with E-state index in [0.29, 0.717) is 5.69 Å². The predicted molar refractivity (Wildman–Crippen MR) is 57.7 cm³/mol. The molecule has 74 valence electrons. The molecule has 0 amide bonds. The van der Waals surface area contributed by atoms with Crippen molar-refractivity contribution in [2.75, 3.05) is 18.5 Å². The van der Waals surface area contributed by atoms with Gasteiger partial charge in [-0.15, -0.1) is 6.58 Å². The molecule has 0 spiro atoms. The molecule has 14 heavy (non-hydrogen) atoms. The number of aromatic nitrogens is 1. The maximum Gasteiger partial charge on any atom is 0.178 e. The molecule has 1 rings (SSSR count). The Bertz CT molecular complexity index is 330. The summed E-state index contributed by atoms with van der Waals surface area (Å²) in [6.07, 6.45) is 3.51. The van der Waals surface area contributed by atoms with Gasteiger partial charge in [0.05, 0.1) is 11.9 Å². The van der Waals surface area contributed by atoms with E-state index in [9.17, 15) is 4.79 Å². The summed E-state index contributed by atoms with van der Waals surface area (Å²) in [5.41, 5.74) is 1.48. The molecule has 0 fully saturated rings. The molecule has 0 aliphatic heterocycles. The Labute approximate surface area is 84.1 Å². The molecule has 1 heterocycles. The quantitative estimate of drug-likeness (QED) is 0.537. The molecule has 1 aromatic rings. The lowest BCUT2D eigenvalue weighted by Crippen LogP contribution is -2.16. The second kappa shape index (κ2) is 4.56. The third-order valence-corrected chi connectivity index (χ3v) is 1.95. The molecule has 0 saturated heterocycles. The van der Waals surface area contributed by atoms with E-state index in [-0.39, 0.29) is 5.78 Å². The van der Waals surface area contributed by atoms with E-state index >= 15 is 0 Å². The topological polar surface area (TPSA) is 33.2 Å². The van der Waals surface area contributed by atoms with Crippen molar-refractivity contribution >= 4 is 11.5 Å². The number of hydrogen-bond acceptors (Lipinski definition) is 3. The van der Waals surface area contributed by atoms with Crippen LogP contribution in [0.25, 0.3) is 0 Å². The first-order valence-electron chi connectivity index (χ1n) is 4.44. The van der Waals surface area contributed by atoms with Crippen molar-refractivity contribution in [2.45, 2.75) is 6.92 Å². The Morgan fingerprint density at radius 2 is 2.36 bits per heavy atom. The molecule has 0 saturated carbocycles. The summed E-state index contributed by atoms with van der Waals surface area (Å²) in [7, 11) is 1.95. The first-order chi connectivity index (χ1) is 6.65. The van der Waals surface area contributed by atoms with Gasteiger partial charge in [-0.3, -0.25) is 9.78 Å². The molecule has 1 aromatic heterocycles. The minimum absolute atomic E-state index is 0.0112. The van der Waals surface area contributed by atoms with E-state index in [4.69, 9.17) is 0 Å². The van der Waals surface area contributed by atoms with Crippen molar-refractivity contribution in [1.29, 1.82) is 0 Å².